The van der Waals surface area contributed by atoms with Gasteiger partial charge in [-0.1, -0.05) is 49.2 Å². The predicted octanol–water partition coefficient (Wildman–Crippen LogP) is 3.69. The maximum absolute atomic E-state index is 6.21. The molecule has 0 radical (unpaired) electrons. The quantitative estimate of drug-likeness (QED) is 0.843. The molecule has 2 unspecified atom stereocenters. The van der Waals surface area contributed by atoms with Crippen molar-refractivity contribution in [3.05, 3.63) is 33.8 Å². The molecule has 1 nitrogen and oxygen atoms in total. The highest BCUT2D eigenvalue weighted by Crippen LogP contribution is 2.65. The highest BCUT2D eigenvalue weighted by atomic mass is 35.5. The van der Waals surface area contributed by atoms with Crippen LogP contribution in [0, 0.1) is 11.3 Å². The summed E-state index contributed by atoms with van der Waals surface area (Å²) >= 11 is 12.2. The number of halogens is 2. The summed E-state index contributed by atoms with van der Waals surface area (Å²) in [6, 6.07) is 5.82. The van der Waals surface area contributed by atoms with Gasteiger partial charge in [0.1, 0.15) is 0 Å². The standard InChI is InChI=1S/C12H15Cl2N/c1-12(2)8(6-15)10(12)7-4-3-5-9(13)11(7)14/h3-5,8,10H,6,15H2,1-2H3. The Morgan fingerprint density at radius 3 is 2.53 bits per heavy atom. The summed E-state index contributed by atoms with van der Waals surface area (Å²) in [5.41, 5.74) is 7.15. The highest BCUT2D eigenvalue weighted by Gasteiger charge is 2.57. The van der Waals surface area contributed by atoms with Crippen molar-refractivity contribution in [1.82, 2.24) is 0 Å². The fourth-order valence-electron chi connectivity index (χ4n) is 2.56. The maximum Gasteiger partial charge on any atom is 0.0627 e. The van der Waals surface area contributed by atoms with Gasteiger partial charge in [0, 0.05) is 0 Å². The van der Waals surface area contributed by atoms with Gasteiger partial charge < -0.3 is 5.73 Å². The molecule has 2 N–H and O–H groups in total. The van der Waals surface area contributed by atoms with Crippen molar-refractivity contribution in [2.24, 2.45) is 17.1 Å². The third-order valence-electron chi connectivity index (χ3n) is 3.62. The second-order valence-corrected chi connectivity index (χ2v) is 5.57. The Balaban J connectivity index is 2.37. The fourth-order valence-corrected chi connectivity index (χ4v) is 2.99. The first-order valence-electron chi connectivity index (χ1n) is 5.14. The van der Waals surface area contributed by atoms with E-state index >= 15 is 0 Å². The van der Waals surface area contributed by atoms with Crippen molar-refractivity contribution in [3.8, 4) is 0 Å². The van der Waals surface area contributed by atoms with Gasteiger partial charge in [-0.25, -0.2) is 0 Å². The Morgan fingerprint density at radius 2 is 2.00 bits per heavy atom. The number of hydrogen-bond donors (Lipinski definition) is 1. The largest absolute Gasteiger partial charge is 0.330 e. The minimum Gasteiger partial charge on any atom is -0.330 e. The molecule has 82 valence electrons. The van der Waals surface area contributed by atoms with Crippen molar-refractivity contribution in [2.75, 3.05) is 6.54 Å². The summed E-state index contributed by atoms with van der Waals surface area (Å²) in [6.45, 7) is 5.17. The van der Waals surface area contributed by atoms with Gasteiger partial charge in [-0.3, -0.25) is 0 Å². The molecule has 1 aliphatic carbocycles. The van der Waals surface area contributed by atoms with Crippen LogP contribution in [0.3, 0.4) is 0 Å². The van der Waals surface area contributed by atoms with E-state index in [0.29, 0.717) is 28.4 Å². The predicted molar refractivity (Wildman–Crippen MR) is 65.5 cm³/mol. The summed E-state index contributed by atoms with van der Waals surface area (Å²) in [7, 11) is 0. The van der Waals surface area contributed by atoms with Crippen LogP contribution in [0.2, 0.25) is 10.0 Å². The third-order valence-corrected chi connectivity index (χ3v) is 4.45. The van der Waals surface area contributed by atoms with Crippen molar-refractivity contribution in [1.29, 1.82) is 0 Å². The molecule has 15 heavy (non-hydrogen) atoms. The molecule has 0 saturated heterocycles. The number of rotatable bonds is 2. The van der Waals surface area contributed by atoms with E-state index in [9.17, 15) is 0 Å². The molecule has 1 aliphatic rings. The maximum atomic E-state index is 6.21. The second kappa shape index (κ2) is 3.65. The van der Waals surface area contributed by atoms with E-state index in [1.165, 1.54) is 0 Å². The molecule has 0 heterocycles. The van der Waals surface area contributed by atoms with Crippen LogP contribution >= 0.6 is 23.2 Å². The molecule has 2 atom stereocenters. The molecule has 0 aromatic heterocycles. The fraction of sp³-hybridized carbons (Fsp3) is 0.500. The Morgan fingerprint density at radius 1 is 1.33 bits per heavy atom. The monoisotopic (exact) mass is 243 g/mol. The van der Waals surface area contributed by atoms with Gasteiger partial charge in [-0.15, -0.1) is 0 Å². The average molecular weight is 244 g/mol. The lowest BCUT2D eigenvalue weighted by molar-refractivity contribution is 0.558. The lowest BCUT2D eigenvalue weighted by atomic mass is 10.0. The van der Waals surface area contributed by atoms with E-state index in [4.69, 9.17) is 28.9 Å². The Bertz CT molecular complexity index is 387. The minimum atomic E-state index is 0.253. The normalized spacial score (nSPS) is 27.8. The van der Waals surface area contributed by atoms with Crippen LogP contribution < -0.4 is 5.73 Å². The van der Waals surface area contributed by atoms with Gasteiger partial charge >= 0.3 is 0 Å². The minimum absolute atomic E-state index is 0.253. The number of benzene rings is 1. The second-order valence-electron chi connectivity index (χ2n) is 4.78. The molecule has 0 bridgehead atoms. The molecule has 1 fully saturated rings. The van der Waals surface area contributed by atoms with Gasteiger partial charge in [0.2, 0.25) is 0 Å². The van der Waals surface area contributed by atoms with Gasteiger partial charge in [-0.05, 0) is 35.4 Å². The van der Waals surface area contributed by atoms with Crippen LogP contribution in [-0.4, -0.2) is 6.54 Å². The molecule has 2 rings (SSSR count). The Kier molecular flexibility index (Phi) is 2.74. The van der Waals surface area contributed by atoms with Crippen LogP contribution in [-0.2, 0) is 0 Å². The van der Waals surface area contributed by atoms with E-state index in [2.05, 4.69) is 19.9 Å². The van der Waals surface area contributed by atoms with Gasteiger partial charge in [0.25, 0.3) is 0 Å². The van der Waals surface area contributed by atoms with E-state index in [1.54, 1.807) is 0 Å². The summed E-state index contributed by atoms with van der Waals surface area (Å²) < 4.78 is 0. The van der Waals surface area contributed by atoms with E-state index in [1.807, 2.05) is 12.1 Å². The summed E-state index contributed by atoms with van der Waals surface area (Å²) in [4.78, 5) is 0. The number of hydrogen-bond acceptors (Lipinski definition) is 1. The van der Waals surface area contributed by atoms with Crippen LogP contribution in [0.4, 0.5) is 0 Å². The lowest BCUT2D eigenvalue weighted by Gasteiger charge is -2.06. The molecule has 3 heteroatoms. The molecule has 1 aromatic carbocycles. The highest BCUT2D eigenvalue weighted by molar-refractivity contribution is 6.42. The zero-order valence-corrected chi connectivity index (χ0v) is 10.4. The SMILES string of the molecule is CC1(C)C(CN)C1c1cccc(Cl)c1Cl. The van der Waals surface area contributed by atoms with Crippen LogP contribution in [0.15, 0.2) is 18.2 Å². The number of nitrogens with two attached hydrogens (primary N) is 1. The first kappa shape index (κ1) is 11.3. The zero-order valence-electron chi connectivity index (χ0n) is 8.93. The van der Waals surface area contributed by atoms with Crippen molar-refractivity contribution in [3.63, 3.8) is 0 Å². The Hall–Kier alpha value is -0.240. The molecule has 1 aromatic rings. The topological polar surface area (TPSA) is 26.0 Å². The van der Waals surface area contributed by atoms with E-state index < -0.39 is 0 Å². The van der Waals surface area contributed by atoms with Gasteiger partial charge in [0.15, 0.2) is 0 Å². The van der Waals surface area contributed by atoms with Crippen molar-refractivity contribution >= 4 is 23.2 Å². The van der Waals surface area contributed by atoms with Crippen molar-refractivity contribution in [2.45, 2.75) is 19.8 Å². The first-order chi connectivity index (χ1) is 7.00. The first-order valence-corrected chi connectivity index (χ1v) is 5.89. The van der Waals surface area contributed by atoms with Crippen LogP contribution in [0.25, 0.3) is 0 Å². The summed E-state index contributed by atoms with van der Waals surface area (Å²) in [5.74, 6) is 0.974. The Labute approximate surface area is 101 Å². The van der Waals surface area contributed by atoms with E-state index in [-0.39, 0.29) is 5.41 Å². The molecular formula is C12H15Cl2N. The zero-order chi connectivity index (χ0) is 11.2. The van der Waals surface area contributed by atoms with Crippen molar-refractivity contribution < 1.29 is 0 Å². The van der Waals surface area contributed by atoms with Crippen LogP contribution in [0.5, 0.6) is 0 Å². The lowest BCUT2D eigenvalue weighted by Crippen LogP contribution is -2.05. The molecule has 1 saturated carbocycles. The summed E-state index contributed by atoms with van der Waals surface area (Å²) in [6.07, 6.45) is 0. The van der Waals surface area contributed by atoms with Gasteiger partial charge in [-0.2, -0.15) is 0 Å². The molecule has 0 amide bonds. The average Bonchev–Trinajstić information content (AvgIpc) is 2.73. The van der Waals surface area contributed by atoms with E-state index in [0.717, 1.165) is 5.56 Å². The third kappa shape index (κ3) is 1.67. The van der Waals surface area contributed by atoms with Crippen LogP contribution in [0.1, 0.15) is 25.3 Å². The van der Waals surface area contributed by atoms with Gasteiger partial charge in [0.05, 0.1) is 10.0 Å². The molecule has 0 aliphatic heterocycles. The molecular weight excluding hydrogens is 229 g/mol. The smallest absolute Gasteiger partial charge is 0.0627 e. The molecule has 0 spiro atoms. The summed E-state index contributed by atoms with van der Waals surface area (Å²) in [5, 5.41) is 1.32.